The second kappa shape index (κ2) is 20.7. The molecule has 1 saturated heterocycles. The van der Waals surface area contributed by atoms with Gasteiger partial charge in [-0.05, 0) is 20.8 Å². The largest absolute Gasteiger partial charge is 0.481 e. The van der Waals surface area contributed by atoms with E-state index < -0.39 is 5.97 Å². The Bertz CT molecular complexity index is 116. The summed E-state index contributed by atoms with van der Waals surface area (Å²) in [7, 11) is 0. The highest BCUT2D eigenvalue weighted by Crippen LogP contribution is 1.85. The van der Waals surface area contributed by atoms with Crippen molar-refractivity contribution in [3.63, 3.8) is 0 Å². The van der Waals surface area contributed by atoms with Crippen molar-refractivity contribution in [1.82, 2.24) is 0 Å². The molecule has 6 nitrogen and oxygen atoms in total. The van der Waals surface area contributed by atoms with Crippen molar-refractivity contribution in [3.8, 4) is 0 Å². The van der Waals surface area contributed by atoms with Crippen molar-refractivity contribution in [2.24, 2.45) is 0 Å². The van der Waals surface area contributed by atoms with Gasteiger partial charge < -0.3 is 24.8 Å². The van der Waals surface area contributed by atoms with Crippen LogP contribution in [0.25, 0.3) is 0 Å². The highest BCUT2D eigenvalue weighted by atomic mass is 16.6. The van der Waals surface area contributed by atoms with Crippen LogP contribution in [-0.4, -0.2) is 60.4 Å². The maximum Gasteiger partial charge on any atom is 0.300 e. The minimum atomic E-state index is -0.833. The van der Waals surface area contributed by atoms with Crippen LogP contribution in [0.15, 0.2) is 0 Å². The number of carboxylic acid groups (broad SMARTS) is 1. The molecule has 1 aliphatic rings. The van der Waals surface area contributed by atoms with Gasteiger partial charge in [-0.2, -0.15) is 0 Å². The van der Waals surface area contributed by atoms with Crippen LogP contribution in [0, 0.1) is 0 Å². The van der Waals surface area contributed by atoms with Crippen molar-refractivity contribution in [2.75, 3.05) is 33.0 Å². The van der Waals surface area contributed by atoms with Gasteiger partial charge in [0.2, 0.25) is 0 Å². The van der Waals surface area contributed by atoms with Gasteiger partial charge in [-0.3, -0.25) is 4.79 Å². The van der Waals surface area contributed by atoms with Crippen molar-refractivity contribution in [1.29, 1.82) is 0 Å². The van der Waals surface area contributed by atoms with E-state index in [9.17, 15) is 0 Å². The summed E-state index contributed by atoms with van der Waals surface area (Å²) in [6.07, 6.45) is -0.167. The van der Waals surface area contributed by atoms with Crippen LogP contribution in [0.4, 0.5) is 0 Å². The number of carbonyl (C=O) groups is 1. The Labute approximate surface area is 103 Å². The molecule has 0 amide bonds. The molecular weight excluding hydrogens is 228 g/mol. The van der Waals surface area contributed by atoms with Gasteiger partial charge in [-0.15, -0.1) is 0 Å². The number of aliphatic hydroxyl groups is 2. The summed E-state index contributed by atoms with van der Waals surface area (Å²) < 4.78 is 9.89. The normalized spacial score (nSPS) is 13.1. The van der Waals surface area contributed by atoms with Crippen LogP contribution < -0.4 is 0 Å². The van der Waals surface area contributed by atoms with Crippen molar-refractivity contribution < 1.29 is 29.6 Å². The maximum absolute atomic E-state index is 9.00. The summed E-state index contributed by atoms with van der Waals surface area (Å²) in [4.78, 5) is 9.00. The Morgan fingerprint density at radius 3 is 1.35 bits per heavy atom. The zero-order valence-electron chi connectivity index (χ0n) is 11.2. The molecule has 1 heterocycles. The van der Waals surface area contributed by atoms with Crippen LogP contribution in [0.1, 0.15) is 27.7 Å². The minimum Gasteiger partial charge on any atom is -0.481 e. The molecule has 0 unspecified atom stereocenters. The number of hydrogen-bond acceptors (Lipinski definition) is 5. The zero-order chi connectivity index (χ0) is 14.1. The molecule has 0 aromatic carbocycles. The number of ether oxygens (including phenoxy) is 2. The molecule has 106 valence electrons. The SMILES string of the molecule is C1COCCO1.CC(=O)O.CC(C)O.CCO. The summed E-state index contributed by atoms with van der Waals surface area (Å²) in [5, 5.41) is 23.0. The van der Waals surface area contributed by atoms with Gasteiger partial charge >= 0.3 is 0 Å². The fourth-order valence-electron chi connectivity index (χ4n) is 0.440. The molecule has 0 bridgehead atoms. The highest BCUT2D eigenvalue weighted by molar-refractivity contribution is 5.62. The molecule has 0 aliphatic carbocycles. The molecule has 1 fully saturated rings. The minimum absolute atomic E-state index is 0.167. The van der Waals surface area contributed by atoms with Gasteiger partial charge in [0.25, 0.3) is 5.97 Å². The first kappa shape index (κ1) is 21.6. The average Bonchev–Trinajstić information content (AvgIpc) is 2.19. The monoisotopic (exact) mass is 254 g/mol. The number of carboxylic acids is 1. The molecular formula is C11H26O6. The van der Waals surface area contributed by atoms with E-state index in [1.165, 1.54) is 0 Å². The number of hydrogen-bond donors (Lipinski definition) is 3. The second-order valence-electron chi connectivity index (χ2n) is 3.15. The van der Waals surface area contributed by atoms with Gasteiger partial charge in [0.15, 0.2) is 0 Å². The van der Waals surface area contributed by atoms with E-state index in [1.807, 2.05) is 0 Å². The van der Waals surface area contributed by atoms with Gasteiger partial charge in [0.1, 0.15) is 0 Å². The van der Waals surface area contributed by atoms with Crippen molar-refractivity contribution >= 4 is 5.97 Å². The highest BCUT2D eigenvalue weighted by Gasteiger charge is 1.94. The second-order valence-corrected chi connectivity index (χ2v) is 3.15. The van der Waals surface area contributed by atoms with Crippen LogP contribution in [-0.2, 0) is 14.3 Å². The molecule has 0 aromatic heterocycles. The third kappa shape index (κ3) is 96.2. The fraction of sp³-hybridized carbons (Fsp3) is 0.909. The van der Waals surface area contributed by atoms with Crippen molar-refractivity contribution in [2.45, 2.75) is 33.8 Å². The standard InChI is InChI=1S/C4H8O2.C3H8O.C2H4O2.C2H6O/c1-2-6-4-3-5-1;1-3(2)4;1-2(3)4;1-2-3/h1-4H2;3-4H,1-2H3;1H3,(H,3,4);3H,2H2,1H3. The number of rotatable bonds is 0. The smallest absolute Gasteiger partial charge is 0.300 e. The van der Waals surface area contributed by atoms with E-state index in [1.54, 1.807) is 20.8 Å². The van der Waals surface area contributed by atoms with E-state index in [0.717, 1.165) is 33.4 Å². The molecule has 1 aliphatic heterocycles. The Morgan fingerprint density at radius 2 is 1.29 bits per heavy atom. The summed E-state index contributed by atoms with van der Waals surface area (Å²) in [5.41, 5.74) is 0. The molecule has 1 rings (SSSR count). The van der Waals surface area contributed by atoms with Crippen molar-refractivity contribution in [3.05, 3.63) is 0 Å². The van der Waals surface area contributed by atoms with E-state index in [-0.39, 0.29) is 12.7 Å². The summed E-state index contributed by atoms with van der Waals surface area (Å²) in [6.45, 7) is 9.57. The number of aliphatic hydroxyl groups excluding tert-OH is 2. The van der Waals surface area contributed by atoms with Crippen LogP contribution in [0.3, 0.4) is 0 Å². The lowest BCUT2D eigenvalue weighted by Gasteiger charge is -2.09. The van der Waals surface area contributed by atoms with Gasteiger partial charge in [0.05, 0.1) is 26.4 Å². The van der Waals surface area contributed by atoms with Gasteiger partial charge in [-0.25, -0.2) is 0 Å². The Balaban J connectivity index is -0.000000161. The molecule has 0 atom stereocenters. The van der Waals surface area contributed by atoms with Gasteiger partial charge in [0, 0.05) is 19.6 Å². The summed E-state index contributed by atoms with van der Waals surface area (Å²) >= 11 is 0. The molecule has 6 heteroatoms. The van der Waals surface area contributed by atoms with E-state index in [4.69, 9.17) is 29.6 Å². The van der Waals surface area contributed by atoms with Crippen LogP contribution in [0.2, 0.25) is 0 Å². The molecule has 3 N–H and O–H groups in total. The fourth-order valence-corrected chi connectivity index (χ4v) is 0.440. The van der Waals surface area contributed by atoms with E-state index >= 15 is 0 Å². The molecule has 0 radical (unpaired) electrons. The first-order chi connectivity index (χ1) is 7.88. The predicted molar refractivity (Wildman–Crippen MR) is 65.1 cm³/mol. The molecule has 0 spiro atoms. The molecule has 0 aromatic rings. The lowest BCUT2D eigenvalue weighted by Crippen LogP contribution is -2.16. The zero-order valence-corrected chi connectivity index (χ0v) is 11.2. The molecule has 0 saturated carbocycles. The first-order valence-electron chi connectivity index (χ1n) is 5.52. The first-order valence-corrected chi connectivity index (χ1v) is 5.52. The summed E-state index contributed by atoms with van der Waals surface area (Å²) in [5.74, 6) is -0.833. The lowest BCUT2D eigenvalue weighted by molar-refractivity contribution is -0.134. The topological polar surface area (TPSA) is 96.2 Å². The third-order valence-electron chi connectivity index (χ3n) is 0.744. The Kier molecular flexibility index (Phi) is 26.3. The summed E-state index contributed by atoms with van der Waals surface area (Å²) in [6, 6.07) is 0. The Morgan fingerprint density at radius 1 is 1.18 bits per heavy atom. The van der Waals surface area contributed by atoms with E-state index in [2.05, 4.69) is 0 Å². The maximum atomic E-state index is 9.00. The lowest BCUT2D eigenvalue weighted by atomic mass is 10.5. The number of aliphatic carboxylic acids is 1. The third-order valence-corrected chi connectivity index (χ3v) is 0.744. The van der Waals surface area contributed by atoms with Crippen LogP contribution >= 0.6 is 0 Å². The van der Waals surface area contributed by atoms with E-state index in [0.29, 0.717) is 0 Å². The van der Waals surface area contributed by atoms with Crippen LogP contribution in [0.5, 0.6) is 0 Å². The molecule has 17 heavy (non-hydrogen) atoms. The predicted octanol–water partition coefficient (Wildman–Crippen LogP) is 0.510. The average molecular weight is 254 g/mol. The Hall–Kier alpha value is -0.690. The van der Waals surface area contributed by atoms with Gasteiger partial charge in [-0.1, -0.05) is 0 Å². The quantitative estimate of drug-likeness (QED) is 0.583.